The molecule has 3 aromatic rings. The van der Waals surface area contributed by atoms with Crippen molar-refractivity contribution in [2.45, 2.75) is 51.4 Å². The summed E-state index contributed by atoms with van der Waals surface area (Å²) in [5, 5.41) is 3.59. The van der Waals surface area contributed by atoms with Crippen LogP contribution in [0.25, 0.3) is 10.3 Å². The predicted octanol–water partition coefficient (Wildman–Crippen LogP) is 6.02. The zero-order chi connectivity index (χ0) is 30.1. The topological polar surface area (TPSA) is 87.7 Å². The van der Waals surface area contributed by atoms with E-state index >= 15 is 0 Å². The van der Waals surface area contributed by atoms with Crippen molar-refractivity contribution in [1.82, 2.24) is 19.8 Å². The van der Waals surface area contributed by atoms with Gasteiger partial charge in [-0.1, -0.05) is 23.5 Å². The summed E-state index contributed by atoms with van der Waals surface area (Å²) < 4.78 is 75.5. The van der Waals surface area contributed by atoms with Gasteiger partial charge in [0.15, 0.2) is 6.04 Å². The highest BCUT2D eigenvalue weighted by atomic mass is 32.1. The molecule has 2 amide bonds. The molecular formula is C27H30F5N5O3S. The van der Waals surface area contributed by atoms with Crippen LogP contribution in [0.2, 0.25) is 0 Å². The lowest BCUT2D eigenvalue weighted by Crippen LogP contribution is -2.46. The Kier molecular flexibility index (Phi) is 9.12. The van der Waals surface area contributed by atoms with E-state index in [2.05, 4.69) is 15.3 Å². The molecule has 1 unspecified atom stereocenters. The molecule has 3 heterocycles. The summed E-state index contributed by atoms with van der Waals surface area (Å²) in [5.74, 6) is -1.40. The quantitative estimate of drug-likeness (QED) is 0.319. The van der Waals surface area contributed by atoms with Crippen LogP contribution in [0, 0.1) is 12.8 Å². The van der Waals surface area contributed by atoms with Crippen LogP contribution >= 0.6 is 11.3 Å². The van der Waals surface area contributed by atoms with E-state index in [0.29, 0.717) is 33.5 Å². The lowest BCUT2D eigenvalue weighted by Gasteiger charge is -2.36. The van der Waals surface area contributed by atoms with Crippen LogP contribution < -0.4 is 5.32 Å². The fraction of sp³-hybridized carbons (Fsp3) is 0.481. The third-order valence-corrected chi connectivity index (χ3v) is 8.06. The van der Waals surface area contributed by atoms with Crippen molar-refractivity contribution >= 4 is 44.9 Å². The Morgan fingerprint density at radius 3 is 2.34 bits per heavy atom. The molecule has 0 aliphatic carbocycles. The minimum absolute atomic E-state index is 0.0928. The number of halogens is 5. The molecule has 1 aromatic carbocycles. The van der Waals surface area contributed by atoms with Gasteiger partial charge in [-0.05, 0) is 37.5 Å². The van der Waals surface area contributed by atoms with Crippen LogP contribution in [-0.2, 0) is 14.3 Å². The van der Waals surface area contributed by atoms with Gasteiger partial charge in [0.2, 0.25) is 11.8 Å². The Morgan fingerprint density at radius 1 is 1.17 bits per heavy atom. The number of piperidine rings is 1. The van der Waals surface area contributed by atoms with Gasteiger partial charge in [0.25, 0.3) is 6.43 Å². The number of amides is 2. The molecule has 1 fully saturated rings. The second-order valence-corrected chi connectivity index (χ2v) is 11.1. The maximum absolute atomic E-state index is 14.2. The first-order valence-corrected chi connectivity index (χ1v) is 13.7. The highest BCUT2D eigenvalue weighted by molar-refractivity contribution is 7.18. The standard InChI is InChI=1S/C27H30F5N5O3S/c1-14-34-21-20(22(40-4)24(28)29)19(13-33-25(21)41-14)35-18-7-5-16(6-8-18)23(27(30,31)32)36(3)26(39)17-9-11-37(12-10-17)15(2)38/h5-8,13,17,22-24,35H,9-12H2,1-4H3/t22?,23-/m0/s1. The molecule has 1 aliphatic rings. The van der Waals surface area contributed by atoms with Gasteiger partial charge in [-0.25, -0.2) is 18.7 Å². The number of rotatable bonds is 8. The largest absolute Gasteiger partial charge is 0.413 e. The molecule has 0 spiro atoms. The normalized spacial score (nSPS) is 16.2. The maximum atomic E-state index is 14.2. The summed E-state index contributed by atoms with van der Waals surface area (Å²) in [6.45, 7) is 3.77. The number of ether oxygens (including phenoxy) is 1. The lowest BCUT2D eigenvalue weighted by atomic mass is 9.94. The third-order valence-electron chi connectivity index (χ3n) is 7.18. The molecule has 1 aliphatic heterocycles. The SMILES string of the molecule is COC(c1c(Nc2ccc([C@H](N(C)C(=O)C3CCN(C(C)=O)CC3)C(F)(F)F)cc2)cnc2sc(C)nc12)C(F)F. The number of methoxy groups -OCH3 is 1. The van der Waals surface area contributed by atoms with Gasteiger partial charge in [0, 0.05) is 51.3 Å². The Morgan fingerprint density at radius 2 is 1.80 bits per heavy atom. The number of fused-ring (bicyclic) bond motifs is 1. The smallest absolute Gasteiger partial charge is 0.371 e. The molecule has 14 heteroatoms. The molecule has 4 rings (SSSR count). The Labute approximate surface area is 237 Å². The molecule has 0 saturated carbocycles. The molecule has 1 saturated heterocycles. The summed E-state index contributed by atoms with van der Waals surface area (Å²) in [7, 11) is 2.28. The number of nitrogens with zero attached hydrogens (tertiary/aromatic N) is 4. The number of aryl methyl sites for hydroxylation is 1. The third kappa shape index (κ3) is 6.58. The average Bonchev–Trinajstić information content (AvgIpc) is 3.30. The van der Waals surface area contributed by atoms with E-state index in [0.717, 1.165) is 14.2 Å². The van der Waals surface area contributed by atoms with Crippen LogP contribution in [-0.4, -0.2) is 71.4 Å². The fourth-order valence-corrected chi connectivity index (χ4v) is 5.90. The lowest BCUT2D eigenvalue weighted by molar-refractivity contribution is -0.191. The van der Waals surface area contributed by atoms with E-state index in [9.17, 15) is 31.5 Å². The van der Waals surface area contributed by atoms with E-state index in [1.807, 2.05) is 0 Å². The number of benzene rings is 1. The molecule has 222 valence electrons. The van der Waals surface area contributed by atoms with Crippen molar-refractivity contribution in [3.8, 4) is 0 Å². The van der Waals surface area contributed by atoms with Gasteiger partial charge in [0.1, 0.15) is 16.5 Å². The van der Waals surface area contributed by atoms with Crippen LogP contribution in [0.5, 0.6) is 0 Å². The highest BCUT2D eigenvalue weighted by Crippen LogP contribution is 2.40. The Balaban J connectivity index is 1.59. The van der Waals surface area contributed by atoms with Crippen molar-refractivity contribution < 1.29 is 36.3 Å². The summed E-state index contributed by atoms with van der Waals surface area (Å²) in [5.41, 5.74) is 0.687. The van der Waals surface area contributed by atoms with Crippen LogP contribution in [0.3, 0.4) is 0 Å². The number of anilines is 2. The van der Waals surface area contributed by atoms with Crippen LogP contribution in [0.4, 0.5) is 33.3 Å². The molecule has 2 atom stereocenters. The second-order valence-electron chi connectivity index (χ2n) is 9.88. The number of hydrogen-bond acceptors (Lipinski definition) is 7. The number of thiazole rings is 1. The first-order valence-electron chi connectivity index (χ1n) is 12.8. The van der Waals surface area contributed by atoms with Gasteiger partial charge in [-0.15, -0.1) is 0 Å². The molecule has 2 aromatic heterocycles. The van der Waals surface area contributed by atoms with Crippen LogP contribution in [0.15, 0.2) is 30.5 Å². The zero-order valence-corrected chi connectivity index (χ0v) is 23.7. The van der Waals surface area contributed by atoms with Crippen molar-refractivity contribution in [1.29, 1.82) is 0 Å². The number of carbonyl (C=O) groups is 2. The summed E-state index contributed by atoms with van der Waals surface area (Å²) in [6, 6.07) is 3.03. The van der Waals surface area contributed by atoms with Gasteiger partial charge in [-0.3, -0.25) is 9.59 Å². The number of likely N-dealkylation sites (tertiary alicyclic amines) is 1. The van der Waals surface area contributed by atoms with Crippen molar-refractivity contribution in [3.63, 3.8) is 0 Å². The number of nitrogens with one attached hydrogen (secondary N) is 1. The zero-order valence-electron chi connectivity index (χ0n) is 22.8. The minimum atomic E-state index is -4.76. The molecule has 1 N–H and O–H groups in total. The summed E-state index contributed by atoms with van der Waals surface area (Å²) in [4.78, 5) is 36.0. The molecule has 0 radical (unpaired) electrons. The number of pyridine rings is 1. The molecular weight excluding hydrogens is 569 g/mol. The molecule has 41 heavy (non-hydrogen) atoms. The first kappa shape index (κ1) is 30.6. The molecule has 8 nitrogen and oxygen atoms in total. The Bertz CT molecular complexity index is 1390. The van der Waals surface area contributed by atoms with Crippen molar-refractivity contribution in [2.24, 2.45) is 5.92 Å². The maximum Gasteiger partial charge on any atom is 0.413 e. The van der Waals surface area contributed by atoms with Crippen molar-refractivity contribution in [2.75, 3.05) is 32.6 Å². The average molecular weight is 600 g/mol. The molecule has 0 bridgehead atoms. The number of hydrogen-bond donors (Lipinski definition) is 1. The van der Waals surface area contributed by atoms with Gasteiger partial charge >= 0.3 is 6.18 Å². The Hall–Kier alpha value is -3.39. The van der Waals surface area contributed by atoms with Gasteiger partial charge in [0.05, 0.1) is 16.9 Å². The van der Waals surface area contributed by atoms with E-state index in [4.69, 9.17) is 4.74 Å². The van der Waals surface area contributed by atoms with E-state index in [-0.39, 0.29) is 41.1 Å². The van der Waals surface area contributed by atoms with E-state index in [1.165, 1.54) is 48.7 Å². The van der Waals surface area contributed by atoms with Gasteiger partial charge in [-0.2, -0.15) is 13.2 Å². The second kappa shape index (κ2) is 12.2. The minimum Gasteiger partial charge on any atom is -0.371 e. The predicted molar refractivity (Wildman–Crippen MR) is 144 cm³/mol. The number of aromatic nitrogens is 2. The van der Waals surface area contributed by atoms with Gasteiger partial charge < -0.3 is 19.9 Å². The number of alkyl halides is 5. The van der Waals surface area contributed by atoms with E-state index < -0.39 is 36.6 Å². The highest BCUT2D eigenvalue weighted by Gasteiger charge is 2.46. The summed E-state index contributed by atoms with van der Waals surface area (Å²) in [6.07, 6.45) is -7.30. The fourth-order valence-electron chi connectivity index (χ4n) is 5.13. The van der Waals surface area contributed by atoms with E-state index in [1.54, 1.807) is 11.8 Å². The first-order chi connectivity index (χ1) is 19.3. The number of carbonyl (C=O) groups excluding carboxylic acids is 2. The van der Waals surface area contributed by atoms with Crippen LogP contribution in [0.1, 0.15) is 48.0 Å². The van der Waals surface area contributed by atoms with Crippen molar-refractivity contribution in [3.05, 3.63) is 46.6 Å². The monoisotopic (exact) mass is 599 g/mol. The summed E-state index contributed by atoms with van der Waals surface area (Å²) >= 11 is 1.24.